The molecule has 0 spiro atoms. The summed E-state index contributed by atoms with van der Waals surface area (Å²) in [5.74, 6) is 1.96. The van der Waals surface area contributed by atoms with Crippen LogP contribution in [0.5, 0.6) is 0 Å². The lowest BCUT2D eigenvalue weighted by atomic mass is 10.4. The van der Waals surface area contributed by atoms with E-state index in [1.54, 1.807) is 17.2 Å². The first-order valence-electron chi connectivity index (χ1n) is 5.14. The van der Waals surface area contributed by atoms with E-state index in [0.29, 0.717) is 0 Å². The van der Waals surface area contributed by atoms with Gasteiger partial charge in [-0.3, -0.25) is 9.36 Å². The number of thioether (sulfide) groups is 1. The van der Waals surface area contributed by atoms with E-state index in [4.69, 9.17) is 0 Å². The normalized spacial score (nSPS) is 16.1. The van der Waals surface area contributed by atoms with Crippen molar-refractivity contribution in [2.75, 3.05) is 24.6 Å². The Labute approximate surface area is 97.5 Å². The van der Waals surface area contributed by atoms with Gasteiger partial charge in [0.25, 0.3) is 0 Å². The molecule has 0 aromatic carbocycles. The molecule has 0 bridgehead atoms. The second kappa shape index (κ2) is 5.16. The highest BCUT2D eigenvalue weighted by molar-refractivity contribution is 7.99. The molecule has 0 N–H and O–H groups in total. The number of carbonyl (C=O) groups excluding carboxylic acids is 1. The van der Waals surface area contributed by atoms with Gasteiger partial charge >= 0.3 is 5.69 Å². The van der Waals surface area contributed by atoms with Crippen LogP contribution in [-0.4, -0.2) is 45.0 Å². The van der Waals surface area contributed by atoms with Gasteiger partial charge in [0, 0.05) is 37.0 Å². The Morgan fingerprint density at radius 1 is 1.44 bits per heavy atom. The van der Waals surface area contributed by atoms with E-state index in [-0.39, 0.29) is 18.1 Å². The number of hydrogen-bond acceptors (Lipinski definition) is 4. The Morgan fingerprint density at radius 2 is 2.19 bits per heavy atom. The Hall–Kier alpha value is -1.30. The van der Waals surface area contributed by atoms with Gasteiger partial charge in [-0.2, -0.15) is 11.8 Å². The third-order valence-corrected chi connectivity index (χ3v) is 3.39. The number of hydrogen-bond donors (Lipinski definition) is 0. The molecule has 2 heterocycles. The minimum Gasteiger partial charge on any atom is -0.339 e. The van der Waals surface area contributed by atoms with Gasteiger partial charge in [0.1, 0.15) is 6.54 Å². The van der Waals surface area contributed by atoms with Crippen LogP contribution in [0.3, 0.4) is 0 Å². The molecule has 0 unspecified atom stereocenters. The van der Waals surface area contributed by atoms with Crippen LogP contribution in [0.2, 0.25) is 0 Å². The van der Waals surface area contributed by atoms with Crippen molar-refractivity contribution in [2.45, 2.75) is 6.54 Å². The molecular formula is C10H13N3O2S. The van der Waals surface area contributed by atoms with Crippen LogP contribution in [0.15, 0.2) is 23.3 Å². The molecule has 1 fully saturated rings. The van der Waals surface area contributed by atoms with Gasteiger partial charge in [0.15, 0.2) is 0 Å². The van der Waals surface area contributed by atoms with Gasteiger partial charge in [-0.05, 0) is 6.07 Å². The summed E-state index contributed by atoms with van der Waals surface area (Å²) in [4.78, 5) is 28.6. The summed E-state index contributed by atoms with van der Waals surface area (Å²) in [5.41, 5.74) is -0.373. The lowest BCUT2D eigenvalue weighted by Crippen LogP contribution is -2.41. The zero-order valence-corrected chi connectivity index (χ0v) is 9.65. The molecule has 0 atom stereocenters. The molecule has 86 valence electrons. The predicted molar refractivity (Wildman–Crippen MR) is 62.4 cm³/mol. The molecule has 1 aromatic heterocycles. The van der Waals surface area contributed by atoms with Gasteiger partial charge in [-0.1, -0.05) is 0 Å². The third kappa shape index (κ3) is 2.63. The van der Waals surface area contributed by atoms with Crippen LogP contribution in [0, 0.1) is 0 Å². The Morgan fingerprint density at radius 3 is 2.88 bits per heavy atom. The van der Waals surface area contributed by atoms with Crippen molar-refractivity contribution in [1.82, 2.24) is 14.5 Å². The zero-order valence-electron chi connectivity index (χ0n) is 8.83. The number of nitrogens with zero attached hydrogens (tertiary/aromatic N) is 3. The number of amides is 1. The number of carbonyl (C=O) groups is 1. The molecule has 0 saturated carbocycles. The fraction of sp³-hybridized carbons (Fsp3) is 0.500. The summed E-state index contributed by atoms with van der Waals surface area (Å²) in [6.45, 7) is 1.65. The molecular weight excluding hydrogens is 226 g/mol. The molecule has 1 aromatic rings. The average molecular weight is 239 g/mol. The minimum atomic E-state index is -0.373. The molecule has 0 aliphatic carbocycles. The maximum absolute atomic E-state index is 11.8. The number of aromatic nitrogens is 2. The molecule has 5 nitrogen and oxygen atoms in total. The van der Waals surface area contributed by atoms with Gasteiger partial charge in [0.2, 0.25) is 5.91 Å². The highest BCUT2D eigenvalue weighted by Gasteiger charge is 2.17. The van der Waals surface area contributed by atoms with Crippen molar-refractivity contribution in [3.8, 4) is 0 Å². The molecule has 1 saturated heterocycles. The van der Waals surface area contributed by atoms with Gasteiger partial charge < -0.3 is 4.90 Å². The Kier molecular flexibility index (Phi) is 3.61. The average Bonchev–Trinajstić information content (AvgIpc) is 2.33. The van der Waals surface area contributed by atoms with Crippen molar-refractivity contribution in [1.29, 1.82) is 0 Å². The molecule has 1 aliphatic rings. The van der Waals surface area contributed by atoms with Crippen LogP contribution in [0.4, 0.5) is 0 Å². The van der Waals surface area contributed by atoms with Crippen LogP contribution in [0.1, 0.15) is 0 Å². The predicted octanol–water partition coefficient (Wildman–Crippen LogP) is -0.181. The molecule has 16 heavy (non-hydrogen) atoms. The molecule has 1 aliphatic heterocycles. The van der Waals surface area contributed by atoms with E-state index in [9.17, 15) is 9.59 Å². The topological polar surface area (TPSA) is 55.2 Å². The van der Waals surface area contributed by atoms with Crippen LogP contribution < -0.4 is 5.69 Å². The van der Waals surface area contributed by atoms with Crippen molar-refractivity contribution in [2.24, 2.45) is 0 Å². The Bertz CT molecular complexity index is 426. The van der Waals surface area contributed by atoms with E-state index in [0.717, 1.165) is 24.6 Å². The van der Waals surface area contributed by atoms with Crippen molar-refractivity contribution in [3.05, 3.63) is 28.9 Å². The maximum Gasteiger partial charge on any atom is 0.347 e. The quantitative estimate of drug-likeness (QED) is 0.718. The number of rotatable bonds is 2. The summed E-state index contributed by atoms with van der Waals surface area (Å²) in [6.07, 6.45) is 3.02. The first-order chi connectivity index (χ1) is 7.77. The Balaban J connectivity index is 2.01. The van der Waals surface area contributed by atoms with Crippen molar-refractivity contribution >= 4 is 17.7 Å². The fourth-order valence-electron chi connectivity index (χ4n) is 1.57. The van der Waals surface area contributed by atoms with E-state index >= 15 is 0 Å². The minimum absolute atomic E-state index is 0.00426. The second-order valence-electron chi connectivity index (χ2n) is 3.52. The highest BCUT2D eigenvalue weighted by atomic mass is 32.2. The van der Waals surface area contributed by atoms with Crippen LogP contribution >= 0.6 is 11.8 Å². The second-order valence-corrected chi connectivity index (χ2v) is 4.75. The molecule has 2 rings (SSSR count). The van der Waals surface area contributed by atoms with Crippen LogP contribution in [0.25, 0.3) is 0 Å². The summed E-state index contributed by atoms with van der Waals surface area (Å²) >= 11 is 1.85. The maximum atomic E-state index is 11.8. The third-order valence-electron chi connectivity index (χ3n) is 2.45. The lowest BCUT2D eigenvalue weighted by molar-refractivity contribution is -0.131. The summed E-state index contributed by atoms with van der Waals surface area (Å²) in [7, 11) is 0. The lowest BCUT2D eigenvalue weighted by Gasteiger charge is -2.26. The molecule has 6 heteroatoms. The van der Waals surface area contributed by atoms with Crippen molar-refractivity contribution < 1.29 is 4.79 Å². The van der Waals surface area contributed by atoms with E-state index in [1.165, 1.54) is 10.8 Å². The first kappa shape index (κ1) is 11.2. The van der Waals surface area contributed by atoms with Crippen molar-refractivity contribution in [3.63, 3.8) is 0 Å². The largest absolute Gasteiger partial charge is 0.347 e. The molecule has 0 radical (unpaired) electrons. The molecule has 1 amide bonds. The summed E-state index contributed by atoms with van der Waals surface area (Å²) in [5, 5.41) is 0. The van der Waals surface area contributed by atoms with E-state index in [1.807, 2.05) is 11.8 Å². The summed E-state index contributed by atoms with van der Waals surface area (Å²) < 4.78 is 1.34. The SMILES string of the molecule is O=C(Cn1cccnc1=O)N1CCSCC1. The van der Waals surface area contributed by atoms with Gasteiger partial charge in [-0.25, -0.2) is 9.78 Å². The monoisotopic (exact) mass is 239 g/mol. The summed E-state index contributed by atoms with van der Waals surface area (Å²) in [6, 6.07) is 1.65. The first-order valence-corrected chi connectivity index (χ1v) is 6.30. The van der Waals surface area contributed by atoms with Gasteiger partial charge in [-0.15, -0.1) is 0 Å². The van der Waals surface area contributed by atoms with E-state index < -0.39 is 0 Å². The van der Waals surface area contributed by atoms with E-state index in [2.05, 4.69) is 4.98 Å². The van der Waals surface area contributed by atoms with Gasteiger partial charge in [0.05, 0.1) is 0 Å². The highest BCUT2D eigenvalue weighted by Crippen LogP contribution is 2.09. The standard InChI is InChI=1S/C10H13N3O2S/c14-9(12-4-6-16-7-5-12)8-13-3-1-2-11-10(13)15/h1-3H,4-8H2. The zero-order chi connectivity index (χ0) is 11.4. The smallest absolute Gasteiger partial charge is 0.339 e. The van der Waals surface area contributed by atoms with Crippen LogP contribution in [-0.2, 0) is 11.3 Å². The fourth-order valence-corrected chi connectivity index (χ4v) is 2.47.